The average molecular weight is 371 g/mol. The number of rotatable bonds is 7. The van der Waals surface area contributed by atoms with Crippen molar-refractivity contribution < 1.29 is 9.32 Å². The first kappa shape index (κ1) is 19.5. The van der Waals surface area contributed by atoms with Crippen LogP contribution in [0.25, 0.3) is 11.4 Å². The number of amides is 1. The maximum absolute atomic E-state index is 12.4. The highest BCUT2D eigenvalue weighted by atomic mass is 16.5. The van der Waals surface area contributed by atoms with E-state index in [4.69, 9.17) is 4.52 Å². The SMILES string of the molecule is Cc1ccc(-c2noc(CN3CCCC(C(=O)NCCN(C)C)C3)n2)cc1. The lowest BCUT2D eigenvalue weighted by Crippen LogP contribution is -2.44. The van der Waals surface area contributed by atoms with E-state index < -0.39 is 0 Å². The largest absolute Gasteiger partial charge is 0.355 e. The van der Waals surface area contributed by atoms with Gasteiger partial charge >= 0.3 is 0 Å². The van der Waals surface area contributed by atoms with Crippen LogP contribution in [0.15, 0.2) is 28.8 Å². The van der Waals surface area contributed by atoms with Crippen LogP contribution in [0.4, 0.5) is 0 Å². The van der Waals surface area contributed by atoms with Crippen LogP contribution in [0.5, 0.6) is 0 Å². The molecular formula is C20H29N5O2. The predicted octanol–water partition coefficient (Wildman–Crippen LogP) is 1.93. The Morgan fingerprint density at radius 3 is 2.85 bits per heavy atom. The van der Waals surface area contributed by atoms with Gasteiger partial charge in [-0.3, -0.25) is 9.69 Å². The molecule has 1 fully saturated rings. The molecule has 146 valence electrons. The second-order valence-corrected chi connectivity index (χ2v) is 7.55. The summed E-state index contributed by atoms with van der Waals surface area (Å²) in [6, 6.07) is 8.07. The van der Waals surface area contributed by atoms with Gasteiger partial charge in [-0.15, -0.1) is 0 Å². The molecule has 0 bridgehead atoms. The Labute approximate surface area is 160 Å². The molecule has 3 rings (SSSR count). The Morgan fingerprint density at radius 1 is 1.33 bits per heavy atom. The zero-order valence-electron chi connectivity index (χ0n) is 16.4. The third-order valence-electron chi connectivity index (χ3n) is 4.87. The summed E-state index contributed by atoms with van der Waals surface area (Å²) in [7, 11) is 4.01. The van der Waals surface area contributed by atoms with Crippen LogP contribution in [0, 0.1) is 12.8 Å². The van der Waals surface area contributed by atoms with Gasteiger partial charge in [-0.25, -0.2) is 0 Å². The van der Waals surface area contributed by atoms with Crippen LogP contribution < -0.4 is 5.32 Å². The van der Waals surface area contributed by atoms with Gasteiger partial charge in [0.05, 0.1) is 12.5 Å². The van der Waals surface area contributed by atoms with E-state index in [1.165, 1.54) is 5.56 Å². The molecule has 7 nitrogen and oxygen atoms in total. The smallest absolute Gasteiger partial charge is 0.241 e. The number of carbonyl (C=O) groups excluding carboxylic acids is 1. The number of aryl methyl sites for hydroxylation is 1. The third-order valence-corrected chi connectivity index (χ3v) is 4.87. The molecule has 2 aromatic rings. The summed E-state index contributed by atoms with van der Waals surface area (Å²) in [6.45, 7) is 5.85. The van der Waals surface area contributed by atoms with Gasteiger partial charge in [0.15, 0.2) is 0 Å². The summed E-state index contributed by atoms with van der Waals surface area (Å²) in [6.07, 6.45) is 1.94. The van der Waals surface area contributed by atoms with Crippen molar-refractivity contribution in [1.82, 2.24) is 25.3 Å². The molecule has 1 aliphatic rings. The van der Waals surface area contributed by atoms with Crippen molar-refractivity contribution in [3.05, 3.63) is 35.7 Å². The van der Waals surface area contributed by atoms with Crippen molar-refractivity contribution in [2.24, 2.45) is 5.92 Å². The number of benzene rings is 1. The molecule has 1 saturated heterocycles. The maximum Gasteiger partial charge on any atom is 0.241 e. The molecule has 1 amide bonds. The van der Waals surface area contributed by atoms with Crippen LogP contribution in [0.1, 0.15) is 24.3 Å². The first-order chi connectivity index (χ1) is 13.0. The summed E-state index contributed by atoms with van der Waals surface area (Å²) < 4.78 is 5.43. The molecule has 27 heavy (non-hydrogen) atoms. The van der Waals surface area contributed by atoms with Crippen LogP contribution in [0.2, 0.25) is 0 Å². The van der Waals surface area contributed by atoms with E-state index in [9.17, 15) is 4.79 Å². The Kier molecular flexibility index (Phi) is 6.58. The normalized spacial score (nSPS) is 18.0. The highest BCUT2D eigenvalue weighted by molar-refractivity contribution is 5.78. The van der Waals surface area contributed by atoms with Crippen molar-refractivity contribution in [2.45, 2.75) is 26.3 Å². The maximum atomic E-state index is 12.4. The number of likely N-dealkylation sites (tertiary alicyclic amines) is 1. The Balaban J connectivity index is 1.53. The van der Waals surface area contributed by atoms with E-state index in [-0.39, 0.29) is 11.8 Å². The molecule has 0 radical (unpaired) electrons. The third kappa shape index (κ3) is 5.61. The first-order valence-corrected chi connectivity index (χ1v) is 9.55. The van der Waals surface area contributed by atoms with Gasteiger partial charge in [0, 0.05) is 25.2 Å². The summed E-state index contributed by atoms with van der Waals surface area (Å²) in [5, 5.41) is 7.14. The second kappa shape index (κ2) is 9.10. The Bertz CT molecular complexity index is 741. The number of nitrogens with zero attached hydrogens (tertiary/aromatic N) is 4. The number of likely N-dealkylation sites (N-methyl/N-ethyl adjacent to an activating group) is 1. The highest BCUT2D eigenvalue weighted by Crippen LogP contribution is 2.20. The Hall–Kier alpha value is -2.25. The minimum absolute atomic E-state index is 0.0282. The molecule has 1 aromatic carbocycles. The Morgan fingerprint density at radius 2 is 2.11 bits per heavy atom. The second-order valence-electron chi connectivity index (χ2n) is 7.55. The summed E-state index contributed by atoms with van der Waals surface area (Å²) >= 11 is 0. The molecule has 1 unspecified atom stereocenters. The van der Waals surface area contributed by atoms with Crippen LogP contribution in [-0.4, -0.2) is 66.1 Å². The quantitative estimate of drug-likeness (QED) is 0.802. The van der Waals surface area contributed by atoms with Gasteiger partial charge in [-0.05, 0) is 40.4 Å². The van der Waals surface area contributed by atoms with Crippen LogP contribution in [-0.2, 0) is 11.3 Å². The van der Waals surface area contributed by atoms with Gasteiger partial charge in [-0.1, -0.05) is 35.0 Å². The number of hydrogen-bond acceptors (Lipinski definition) is 6. The lowest BCUT2D eigenvalue weighted by Gasteiger charge is -2.31. The standard InChI is InChI=1S/C20H29N5O2/c1-15-6-8-16(9-7-15)19-22-18(27-23-19)14-25-11-4-5-17(13-25)20(26)21-10-12-24(2)3/h6-9,17H,4-5,10-14H2,1-3H3,(H,21,26). The fourth-order valence-electron chi connectivity index (χ4n) is 3.29. The summed E-state index contributed by atoms with van der Waals surface area (Å²) in [4.78, 5) is 21.2. The molecule has 1 aliphatic heterocycles. The zero-order chi connectivity index (χ0) is 19.2. The van der Waals surface area contributed by atoms with Crippen LogP contribution >= 0.6 is 0 Å². The fraction of sp³-hybridized carbons (Fsp3) is 0.550. The molecule has 0 saturated carbocycles. The van der Waals surface area contributed by atoms with Crippen molar-refractivity contribution >= 4 is 5.91 Å². The van der Waals surface area contributed by atoms with Gasteiger partial charge in [0.25, 0.3) is 0 Å². The average Bonchev–Trinajstić information content (AvgIpc) is 3.10. The number of nitrogens with one attached hydrogen (secondary N) is 1. The molecule has 2 heterocycles. The number of piperidine rings is 1. The zero-order valence-corrected chi connectivity index (χ0v) is 16.4. The summed E-state index contributed by atoms with van der Waals surface area (Å²) in [5.74, 6) is 1.38. The highest BCUT2D eigenvalue weighted by Gasteiger charge is 2.26. The molecular weight excluding hydrogens is 342 g/mol. The van der Waals surface area contributed by atoms with E-state index >= 15 is 0 Å². The molecule has 1 atom stereocenters. The van der Waals surface area contributed by atoms with Crippen LogP contribution in [0.3, 0.4) is 0 Å². The molecule has 0 aliphatic carbocycles. The van der Waals surface area contributed by atoms with Gasteiger partial charge < -0.3 is 14.7 Å². The molecule has 0 spiro atoms. The van der Waals surface area contributed by atoms with E-state index in [2.05, 4.69) is 32.2 Å². The van der Waals surface area contributed by atoms with Crippen molar-refractivity contribution in [3.63, 3.8) is 0 Å². The lowest BCUT2D eigenvalue weighted by atomic mass is 9.97. The number of hydrogen-bond donors (Lipinski definition) is 1. The number of carbonyl (C=O) groups is 1. The minimum Gasteiger partial charge on any atom is -0.355 e. The van der Waals surface area contributed by atoms with Crippen molar-refractivity contribution in [2.75, 3.05) is 40.3 Å². The number of aromatic nitrogens is 2. The van der Waals surface area contributed by atoms with E-state index in [0.29, 0.717) is 24.8 Å². The first-order valence-electron chi connectivity index (χ1n) is 9.55. The minimum atomic E-state index is 0.0282. The van der Waals surface area contributed by atoms with E-state index in [0.717, 1.165) is 38.0 Å². The molecule has 1 N–H and O–H groups in total. The van der Waals surface area contributed by atoms with Gasteiger partial charge in [-0.2, -0.15) is 4.98 Å². The predicted molar refractivity (Wildman–Crippen MR) is 104 cm³/mol. The van der Waals surface area contributed by atoms with E-state index in [1.54, 1.807) is 0 Å². The van der Waals surface area contributed by atoms with Crippen molar-refractivity contribution in [3.8, 4) is 11.4 Å². The van der Waals surface area contributed by atoms with Gasteiger partial charge in [0.1, 0.15) is 0 Å². The van der Waals surface area contributed by atoms with Gasteiger partial charge in [0.2, 0.25) is 17.6 Å². The topological polar surface area (TPSA) is 74.5 Å². The molecule has 1 aromatic heterocycles. The molecule has 7 heteroatoms. The lowest BCUT2D eigenvalue weighted by molar-refractivity contribution is -0.126. The summed E-state index contributed by atoms with van der Waals surface area (Å²) in [5.41, 5.74) is 2.15. The fourth-order valence-corrected chi connectivity index (χ4v) is 3.29. The van der Waals surface area contributed by atoms with Crippen molar-refractivity contribution in [1.29, 1.82) is 0 Å². The van der Waals surface area contributed by atoms with E-state index in [1.807, 2.05) is 38.4 Å². The monoisotopic (exact) mass is 371 g/mol.